The van der Waals surface area contributed by atoms with E-state index in [0.717, 1.165) is 44.9 Å². The summed E-state index contributed by atoms with van der Waals surface area (Å²) in [6.45, 7) is 4.43. The van der Waals surface area contributed by atoms with Gasteiger partial charge < -0.3 is 18.9 Å². The van der Waals surface area contributed by atoms with E-state index in [0.29, 0.717) is 17.4 Å². The van der Waals surface area contributed by atoms with Gasteiger partial charge in [-0.15, -0.1) is 0 Å². The molecule has 0 rings (SSSR count). The Morgan fingerprint density at radius 1 is 0.517 bits per heavy atom. The summed E-state index contributed by atoms with van der Waals surface area (Å²) in [6.07, 6.45) is 45.0. The fraction of sp³-hybridized carbons (Fsp3) is 0.875. The Labute approximate surface area is 358 Å². The molecule has 10 heteroatoms. The minimum atomic E-state index is -4.38. The van der Waals surface area contributed by atoms with Gasteiger partial charge in [-0.3, -0.25) is 18.6 Å². The molecule has 342 valence electrons. The van der Waals surface area contributed by atoms with Gasteiger partial charge in [0.15, 0.2) is 6.10 Å². The summed E-state index contributed by atoms with van der Waals surface area (Å²) in [4.78, 5) is 35.5. The molecular formula is C48H93NO8P+. The fourth-order valence-corrected chi connectivity index (χ4v) is 7.39. The van der Waals surface area contributed by atoms with Crippen LogP contribution in [0.2, 0.25) is 0 Å². The molecule has 0 saturated heterocycles. The molecule has 2 atom stereocenters. The molecule has 1 N–H and O–H groups in total. The third kappa shape index (κ3) is 44.1. The number of ether oxygens (including phenoxy) is 2. The zero-order valence-corrected chi connectivity index (χ0v) is 39.4. The molecule has 0 amide bonds. The number of carbonyl (C=O) groups is 2. The zero-order valence-electron chi connectivity index (χ0n) is 38.5. The van der Waals surface area contributed by atoms with Gasteiger partial charge in [-0.05, 0) is 64.2 Å². The Bertz CT molecular complexity index is 1040. The highest BCUT2D eigenvalue weighted by atomic mass is 31.2. The predicted octanol–water partition coefficient (Wildman–Crippen LogP) is 13.9. The van der Waals surface area contributed by atoms with Crippen molar-refractivity contribution in [2.75, 3.05) is 47.5 Å². The van der Waals surface area contributed by atoms with E-state index in [2.05, 4.69) is 38.2 Å². The van der Waals surface area contributed by atoms with Crippen LogP contribution in [-0.4, -0.2) is 74.9 Å². The number of phosphoric ester groups is 1. The molecule has 9 nitrogen and oxygen atoms in total. The summed E-state index contributed by atoms with van der Waals surface area (Å²) in [5, 5.41) is 0. The lowest BCUT2D eigenvalue weighted by Gasteiger charge is -2.24. The smallest absolute Gasteiger partial charge is 0.462 e. The van der Waals surface area contributed by atoms with Gasteiger partial charge in [0.2, 0.25) is 0 Å². The molecule has 0 aromatic carbocycles. The number of allylic oxidation sites excluding steroid dienone is 4. The number of carbonyl (C=O) groups excluding carboxylic acids is 2. The highest BCUT2D eigenvalue weighted by molar-refractivity contribution is 7.47. The summed E-state index contributed by atoms with van der Waals surface area (Å²) in [5.74, 6) is -0.801. The SMILES string of the molecule is CCCCCCCC/C=C/CCCCCCCCCC(=O)OCC(COP(=O)(O)OCC[N+](C)(C)C)OC(=O)CCCCCCCCC/C=C/CCCCCCCC. The number of likely N-dealkylation sites (N-methyl/N-ethyl adjacent to an activating group) is 1. The Morgan fingerprint density at radius 2 is 0.879 bits per heavy atom. The van der Waals surface area contributed by atoms with E-state index >= 15 is 0 Å². The van der Waals surface area contributed by atoms with Crippen LogP contribution in [0, 0.1) is 0 Å². The van der Waals surface area contributed by atoms with Crippen LogP contribution in [0.1, 0.15) is 219 Å². The molecule has 0 fully saturated rings. The monoisotopic (exact) mass is 843 g/mol. The van der Waals surface area contributed by atoms with E-state index in [1.165, 1.54) is 141 Å². The molecule has 0 aliphatic carbocycles. The van der Waals surface area contributed by atoms with Crippen molar-refractivity contribution in [1.29, 1.82) is 0 Å². The van der Waals surface area contributed by atoms with Crippen molar-refractivity contribution < 1.29 is 42.1 Å². The standard InChI is InChI=1S/C48H92NO8P/c1-6-8-10-12-14-16-18-20-22-24-26-28-30-32-34-36-38-40-47(50)54-44-46(45-56-58(52,53)55-43-42-49(3,4)5)57-48(51)41-39-37-35-33-31-29-27-25-23-21-19-17-15-13-11-9-7-2/h20-23,46H,6-19,24-45H2,1-5H3/p+1/b22-20+,23-21+. The van der Waals surface area contributed by atoms with Gasteiger partial charge in [0.05, 0.1) is 27.7 Å². The summed E-state index contributed by atoms with van der Waals surface area (Å²) >= 11 is 0. The third-order valence-electron chi connectivity index (χ3n) is 10.5. The fourth-order valence-electron chi connectivity index (χ4n) is 6.65. The summed E-state index contributed by atoms with van der Waals surface area (Å²) in [5.41, 5.74) is 0. The molecule has 58 heavy (non-hydrogen) atoms. The van der Waals surface area contributed by atoms with Gasteiger partial charge in [0.1, 0.15) is 19.8 Å². The Kier molecular flexibility index (Phi) is 39.8. The van der Waals surface area contributed by atoms with Crippen LogP contribution in [0.15, 0.2) is 24.3 Å². The van der Waals surface area contributed by atoms with Crippen LogP contribution in [0.3, 0.4) is 0 Å². The molecule has 2 unspecified atom stereocenters. The average Bonchev–Trinajstić information content (AvgIpc) is 3.17. The second-order valence-electron chi connectivity index (χ2n) is 17.5. The van der Waals surface area contributed by atoms with E-state index in [9.17, 15) is 19.0 Å². The van der Waals surface area contributed by atoms with Crippen molar-refractivity contribution in [3.05, 3.63) is 24.3 Å². The molecule has 0 radical (unpaired) electrons. The quantitative estimate of drug-likeness (QED) is 0.0212. The van der Waals surface area contributed by atoms with Crippen LogP contribution >= 0.6 is 7.82 Å². The Hall–Kier alpha value is -1.51. The number of unbranched alkanes of at least 4 members (excludes halogenated alkanes) is 26. The number of esters is 2. The predicted molar refractivity (Wildman–Crippen MR) is 243 cm³/mol. The number of hydrogen-bond acceptors (Lipinski definition) is 7. The van der Waals surface area contributed by atoms with Crippen molar-refractivity contribution in [1.82, 2.24) is 0 Å². The minimum absolute atomic E-state index is 0.0315. The maximum Gasteiger partial charge on any atom is 0.472 e. The maximum atomic E-state index is 12.7. The molecular weight excluding hydrogens is 750 g/mol. The average molecular weight is 843 g/mol. The number of rotatable bonds is 44. The highest BCUT2D eigenvalue weighted by Crippen LogP contribution is 2.43. The molecule has 0 aromatic heterocycles. The van der Waals surface area contributed by atoms with Crippen molar-refractivity contribution in [2.45, 2.75) is 225 Å². The molecule has 0 aliphatic rings. The Balaban J connectivity index is 4.30. The Morgan fingerprint density at radius 3 is 1.28 bits per heavy atom. The van der Waals surface area contributed by atoms with Crippen molar-refractivity contribution >= 4 is 19.8 Å². The van der Waals surface area contributed by atoms with Gasteiger partial charge in [0, 0.05) is 12.8 Å². The van der Waals surface area contributed by atoms with Crippen molar-refractivity contribution in [2.24, 2.45) is 0 Å². The van der Waals surface area contributed by atoms with Gasteiger partial charge in [-0.25, -0.2) is 4.57 Å². The second kappa shape index (κ2) is 40.9. The topological polar surface area (TPSA) is 108 Å². The first-order chi connectivity index (χ1) is 28.0. The first-order valence-corrected chi connectivity index (χ1v) is 25.6. The van der Waals surface area contributed by atoms with E-state index < -0.39 is 26.5 Å². The maximum absolute atomic E-state index is 12.7. The largest absolute Gasteiger partial charge is 0.472 e. The lowest BCUT2D eigenvalue weighted by molar-refractivity contribution is -0.870. The highest BCUT2D eigenvalue weighted by Gasteiger charge is 2.27. The van der Waals surface area contributed by atoms with Crippen LogP contribution < -0.4 is 0 Å². The van der Waals surface area contributed by atoms with Gasteiger partial charge in [-0.1, -0.05) is 167 Å². The van der Waals surface area contributed by atoms with E-state index in [-0.39, 0.29) is 32.0 Å². The van der Waals surface area contributed by atoms with Crippen LogP contribution in [0.5, 0.6) is 0 Å². The molecule has 0 spiro atoms. The van der Waals surface area contributed by atoms with Gasteiger partial charge in [-0.2, -0.15) is 0 Å². The normalized spacial score (nSPS) is 13.7. The zero-order chi connectivity index (χ0) is 42.8. The minimum Gasteiger partial charge on any atom is -0.462 e. The van der Waals surface area contributed by atoms with Crippen LogP contribution in [0.4, 0.5) is 0 Å². The van der Waals surface area contributed by atoms with E-state index in [4.69, 9.17) is 18.5 Å². The first kappa shape index (κ1) is 56.5. The van der Waals surface area contributed by atoms with Gasteiger partial charge >= 0.3 is 19.8 Å². The molecule has 0 bridgehead atoms. The van der Waals surface area contributed by atoms with Gasteiger partial charge in [0.25, 0.3) is 0 Å². The molecule has 0 heterocycles. The number of nitrogens with zero attached hydrogens (tertiary/aromatic N) is 1. The number of quaternary nitrogens is 1. The van der Waals surface area contributed by atoms with Crippen molar-refractivity contribution in [3.8, 4) is 0 Å². The van der Waals surface area contributed by atoms with E-state index in [1.807, 2.05) is 21.1 Å². The van der Waals surface area contributed by atoms with Crippen molar-refractivity contribution in [3.63, 3.8) is 0 Å². The molecule has 0 aliphatic heterocycles. The number of phosphoric acid groups is 1. The molecule has 0 aromatic rings. The summed E-state index contributed by atoms with van der Waals surface area (Å²) in [7, 11) is 1.48. The summed E-state index contributed by atoms with van der Waals surface area (Å²) < 4.78 is 34.4. The van der Waals surface area contributed by atoms with E-state index in [1.54, 1.807) is 0 Å². The molecule has 0 saturated carbocycles. The summed E-state index contributed by atoms with van der Waals surface area (Å²) in [6, 6.07) is 0. The van der Waals surface area contributed by atoms with Crippen LogP contribution in [0.25, 0.3) is 0 Å². The third-order valence-corrected chi connectivity index (χ3v) is 11.4. The second-order valence-corrected chi connectivity index (χ2v) is 18.9. The van der Waals surface area contributed by atoms with Crippen LogP contribution in [-0.2, 0) is 32.7 Å². The first-order valence-electron chi connectivity index (χ1n) is 24.1. The number of hydrogen-bond donors (Lipinski definition) is 1. The lowest BCUT2D eigenvalue weighted by Crippen LogP contribution is -2.37. The lowest BCUT2D eigenvalue weighted by atomic mass is 10.1.